The molecule has 0 heterocycles. The van der Waals surface area contributed by atoms with Gasteiger partial charge in [0.1, 0.15) is 5.75 Å². The van der Waals surface area contributed by atoms with Crippen LogP contribution < -0.4 is 10.2 Å². The van der Waals surface area contributed by atoms with Crippen LogP contribution in [0.2, 0.25) is 0 Å². The number of phenols is 1. The van der Waals surface area contributed by atoms with E-state index in [2.05, 4.69) is 5.32 Å². The molecule has 1 atom stereocenters. The number of carboxylic acids is 1. The van der Waals surface area contributed by atoms with E-state index in [-0.39, 0.29) is 12.3 Å². The Hall–Kier alpha value is -2.28. The van der Waals surface area contributed by atoms with Gasteiger partial charge in [-0.05, 0) is 19.1 Å². The van der Waals surface area contributed by atoms with Gasteiger partial charge >= 0.3 is 12.0 Å². The Morgan fingerprint density at radius 3 is 2.58 bits per heavy atom. The second kappa shape index (κ2) is 6.60. The summed E-state index contributed by atoms with van der Waals surface area (Å²) in [6.45, 7) is 1.30. The van der Waals surface area contributed by atoms with Gasteiger partial charge in [0.15, 0.2) is 6.04 Å². The van der Waals surface area contributed by atoms with E-state index >= 15 is 0 Å². The number of carbonyl (C=O) groups is 2. The minimum absolute atomic E-state index is 0.000641. The second-order valence-electron chi connectivity index (χ2n) is 3.79. The Bertz CT molecular complexity index is 463. The van der Waals surface area contributed by atoms with Crippen LogP contribution in [0.5, 0.6) is 5.75 Å². The minimum Gasteiger partial charge on any atom is -0.508 e. The van der Waals surface area contributed by atoms with Crippen molar-refractivity contribution in [2.24, 2.45) is 0 Å². The fourth-order valence-corrected chi connectivity index (χ4v) is 1.52. The molecule has 0 aromatic heterocycles. The Morgan fingerprint density at radius 1 is 1.42 bits per heavy atom. The molecule has 7 nitrogen and oxygen atoms in total. The maximum Gasteiger partial charge on any atom is 0.328 e. The summed E-state index contributed by atoms with van der Waals surface area (Å²) in [7, 11) is 0. The third-order valence-corrected chi connectivity index (χ3v) is 2.48. The standard InChI is InChI=1S/C12H16N2O5/c1-2-14(8-4-3-5-9(16)6-8)12(19)13-10(7-15)11(17)18/h3-6,10,15-16H,2,7H2,1H3,(H,13,19)(H,17,18). The highest BCUT2D eigenvalue weighted by Crippen LogP contribution is 2.19. The van der Waals surface area contributed by atoms with Gasteiger partial charge in [0.25, 0.3) is 0 Å². The van der Waals surface area contributed by atoms with Crippen molar-refractivity contribution in [1.82, 2.24) is 5.32 Å². The zero-order chi connectivity index (χ0) is 14.4. The van der Waals surface area contributed by atoms with Crippen LogP contribution >= 0.6 is 0 Å². The van der Waals surface area contributed by atoms with Crippen molar-refractivity contribution in [1.29, 1.82) is 0 Å². The van der Waals surface area contributed by atoms with E-state index in [9.17, 15) is 14.7 Å². The van der Waals surface area contributed by atoms with E-state index in [1.807, 2.05) is 0 Å². The largest absolute Gasteiger partial charge is 0.508 e. The zero-order valence-electron chi connectivity index (χ0n) is 10.4. The number of nitrogens with one attached hydrogen (secondary N) is 1. The normalized spacial score (nSPS) is 11.7. The number of carbonyl (C=O) groups excluding carboxylic acids is 1. The van der Waals surface area contributed by atoms with Gasteiger partial charge in [0.2, 0.25) is 0 Å². The number of aliphatic hydroxyl groups excluding tert-OH is 1. The third kappa shape index (κ3) is 3.85. The van der Waals surface area contributed by atoms with Crippen LogP contribution in [-0.4, -0.2) is 46.5 Å². The molecule has 0 fully saturated rings. The molecule has 0 spiro atoms. The predicted octanol–water partition coefficient (Wildman–Crippen LogP) is 0.374. The lowest BCUT2D eigenvalue weighted by Gasteiger charge is -2.23. The van der Waals surface area contributed by atoms with E-state index < -0.39 is 24.6 Å². The third-order valence-electron chi connectivity index (χ3n) is 2.48. The minimum atomic E-state index is -1.36. The summed E-state index contributed by atoms with van der Waals surface area (Å²) in [5.41, 5.74) is 0.432. The quantitative estimate of drug-likeness (QED) is 0.617. The fourth-order valence-electron chi connectivity index (χ4n) is 1.52. The number of aromatic hydroxyl groups is 1. The van der Waals surface area contributed by atoms with Crippen molar-refractivity contribution in [2.45, 2.75) is 13.0 Å². The molecule has 0 saturated carbocycles. The highest BCUT2D eigenvalue weighted by atomic mass is 16.4. The SMILES string of the molecule is CCN(C(=O)NC(CO)C(=O)O)c1cccc(O)c1. The summed E-state index contributed by atoms with van der Waals surface area (Å²) in [5, 5.41) is 29.2. The van der Waals surface area contributed by atoms with Crippen LogP contribution in [0.4, 0.5) is 10.5 Å². The molecule has 0 aliphatic rings. The first-order chi connectivity index (χ1) is 8.99. The second-order valence-corrected chi connectivity index (χ2v) is 3.79. The van der Waals surface area contributed by atoms with E-state index in [1.165, 1.54) is 17.0 Å². The van der Waals surface area contributed by atoms with Crippen molar-refractivity contribution >= 4 is 17.7 Å². The fraction of sp³-hybridized carbons (Fsp3) is 0.333. The summed E-state index contributed by atoms with van der Waals surface area (Å²) in [4.78, 5) is 23.9. The molecule has 2 amide bonds. The molecular formula is C12H16N2O5. The molecule has 19 heavy (non-hydrogen) atoms. The van der Waals surface area contributed by atoms with Gasteiger partial charge < -0.3 is 20.6 Å². The van der Waals surface area contributed by atoms with Gasteiger partial charge in [-0.3, -0.25) is 4.90 Å². The topological polar surface area (TPSA) is 110 Å². The number of nitrogens with zero attached hydrogens (tertiary/aromatic N) is 1. The molecule has 1 aromatic carbocycles. The van der Waals surface area contributed by atoms with Crippen molar-refractivity contribution in [3.8, 4) is 5.75 Å². The highest BCUT2D eigenvalue weighted by Gasteiger charge is 2.22. The van der Waals surface area contributed by atoms with Gasteiger partial charge in [-0.1, -0.05) is 6.07 Å². The molecular weight excluding hydrogens is 252 g/mol. The number of urea groups is 1. The number of amides is 2. The van der Waals surface area contributed by atoms with Gasteiger partial charge in [0, 0.05) is 18.3 Å². The van der Waals surface area contributed by atoms with Crippen molar-refractivity contribution in [3.05, 3.63) is 24.3 Å². The number of carboxylic acid groups (broad SMARTS) is 1. The van der Waals surface area contributed by atoms with Gasteiger partial charge in [-0.25, -0.2) is 9.59 Å². The number of rotatable bonds is 5. The number of anilines is 1. The molecule has 1 unspecified atom stereocenters. The molecule has 7 heteroatoms. The summed E-state index contributed by atoms with van der Waals surface area (Å²) in [6, 6.07) is 4.01. The van der Waals surface area contributed by atoms with Gasteiger partial charge in [-0.2, -0.15) is 0 Å². The average molecular weight is 268 g/mol. The number of benzene rings is 1. The van der Waals surface area contributed by atoms with Crippen LogP contribution in [0, 0.1) is 0 Å². The van der Waals surface area contributed by atoms with E-state index in [4.69, 9.17) is 10.2 Å². The molecule has 0 aliphatic carbocycles. The Kier molecular flexibility index (Phi) is 5.13. The van der Waals surface area contributed by atoms with Crippen LogP contribution in [0.15, 0.2) is 24.3 Å². The van der Waals surface area contributed by atoms with E-state index in [0.717, 1.165) is 0 Å². The molecule has 0 radical (unpaired) electrons. The zero-order valence-corrected chi connectivity index (χ0v) is 10.4. The Balaban J connectivity index is 2.85. The van der Waals surface area contributed by atoms with Crippen molar-refractivity contribution in [3.63, 3.8) is 0 Å². The van der Waals surface area contributed by atoms with E-state index in [0.29, 0.717) is 5.69 Å². The van der Waals surface area contributed by atoms with Crippen LogP contribution in [0.25, 0.3) is 0 Å². The predicted molar refractivity (Wildman–Crippen MR) is 68.2 cm³/mol. The highest BCUT2D eigenvalue weighted by molar-refractivity contribution is 5.94. The number of aliphatic hydroxyl groups is 1. The monoisotopic (exact) mass is 268 g/mol. The van der Waals surface area contributed by atoms with Crippen LogP contribution in [0.3, 0.4) is 0 Å². The lowest BCUT2D eigenvalue weighted by Crippen LogP contribution is -2.49. The van der Waals surface area contributed by atoms with Crippen LogP contribution in [0.1, 0.15) is 6.92 Å². The summed E-state index contributed by atoms with van der Waals surface area (Å²) >= 11 is 0. The lowest BCUT2D eigenvalue weighted by molar-refractivity contribution is -0.140. The Morgan fingerprint density at radius 2 is 2.11 bits per heavy atom. The molecule has 0 bridgehead atoms. The van der Waals surface area contributed by atoms with E-state index in [1.54, 1.807) is 19.1 Å². The average Bonchev–Trinajstić information content (AvgIpc) is 2.36. The first kappa shape index (κ1) is 14.8. The maximum absolute atomic E-state index is 11.9. The van der Waals surface area contributed by atoms with Crippen molar-refractivity contribution < 1.29 is 24.9 Å². The molecule has 0 saturated heterocycles. The number of phenolic OH excluding ortho intramolecular Hbond substituents is 1. The van der Waals surface area contributed by atoms with Gasteiger partial charge in [-0.15, -0.1) is 0 Å². The molecule has 1 rings (SSSR count). The maximum atomic E-state index is 11.9. The molecule has 4 N–H and O–H groups in total. The molecule has 104 valence electrons. The lowest BCUT2D eigenvalue weighted by atomic mass is 10.2. The summed E-state index contributed by atoms with van der Waals surface area (Å²) in [6.07, 6.45) is 0. The molecule has 1 aromatic rings. The van der Waals surface area contributed by atoms with Crippen LogP contribution in [-0.2, 0) is 4.79 Å². The van der Waals surface area contributed by atoms with Crippen molar-refractivity contribution in [2.75, 3.05) is 18.1 Å². The molecule has 0 aliphatic heterocycles. The smallest absolute Gasteiger partial charge is 0.328 e. The first-order valence-electron chi connectivity index (χ1n) is 5.70. The number of hydrogen-bond acceptors (Lipinski definition) is 4. The van der Waals surface area contributed by atoms with Gasteiger partial charge in [0.05, 0.1) is 6.61 Å². The Labute approximate surface area is 110 Å². The summed E-state index contributed by atoms with van der Waals surface area (Å²) in [5.74, 6) is -1.32. The first-order valence-corrected chi connectivity index (χ1v) is 5.70. The number of aliphatic carboxylic acids is 1. The number of hydrogen-bond donors (Lipinski definition) is 4. The summed E-state index contributed by atoms with van der Waals surface area (Å²) < 4.78 is 0.